The summed E-state index contributed by atoms with van der Waals surface area (Å²) in [5, 5.41) is 9.84. The van der Waals surface area contributed by atoms with Crippen molar-refractivity contribution in [3.8, 4) is 5.75 Å². The van der Waals surface area contributed by atoms with Gasteiger partial charge >= 0.3 is 0 Å². The van der Waals surface area contributed by atoms with Gasteiger partial charge in [-0.15, -0.1) is 10.2 Å². The zero-order valence-electron chi connectivity index (χ0n) is 16.5. The molecule has 1 aromatic carbocycles. The van der Waals surface area contributed by atoms with E-state index in [2.05, 4.69) is 14.8 Å². The van der Waals surface area contributed by atoms with Crippen LogP contribution in [-0.4, -0.2) is 50.3 Å². The Morgan fingerprint density at radius 1 is 1.23 bits per heavy atom. The molecule has 2 fully saturated rings. The number of aromatic nitrogens is 3. The van der Waals surface area contributed by atoms with E-state index in [-0.39, 0.29) is 30.1 Å². The molecule has 0 radical (unpaired) electrons. The second kappa shape index (κ2) is 9.26. The van der Waals surface area contributed by atoms with E-state index in [1.165, 1.54) is 11.8 Å². The van der Waals surface area contributed by atoms with Crippen molar-refractivity contribution in [1.82, 2.24) is 19.7 Å². The zero-order chi connectivity index (χ0) is 21.1. The number of hydrogen-bond donors (Lipinski definition) is 1. The number of nitrogens with two attached hydrogens (primary N) is 1. The minimum Gasteiger partial charge on any atom is -0.484 e. The fourth-order valence-corrected chi connectivity index (χ4v) is 4.68. The second-order valence-electron chi connectivity index (χ2n) is 7.59. The number of thioether (sulfide) groups is 1. The lowest BCUT2D eigenvalue weighted by atomic mass is 9.97. The number of halogens is 1. The van der Waals surface area contributed by atoms with Crippen LogP contribution >= 0.6 is 23.4 Å². The second-order valence-corrected chi connectivity index (χ2v) is 8.94. The molecule has 1 aliphatic heterocycles. The van der Waals surface area contributed by atoms with Gasteiger partial charge in [-0.1, -0.05) is 35.5 Å². The molecule has 1 atom stereocenters. The van der Waals surface area contributed by atoms with Gasteiger partial charge in [0.15, 0.2) is 11.0 Å². The fraction of sp³-hybridized carbons (Fsp3) is 0.500. The number of amides is 2. The van der Waals surface area contributed by atoms with Gasteiger partial charge in [0.25, 0.3) is 0 Å². The highest BCUT2D eigenvalue weighted by Crippen LogP contribution is 2.39. The van der Waals surface area contributed by atoms with Gasteiger partial charge in [-0.05, 0) is 37.8 Å². The minimum atomic E-state index is -0.336. The highest BCUT2D eigenvalue weighted by molar-refractivity contribution is 7.99. The smallest absolute Gasteiger partial charge is 0.233 e. The highest BCUT2D eigenvalue weighted by Gasteiger charge is 2.31. The van der Waals surface area contributed by atoms with E-state index in [0.717, 1.165) is 31.5 Å². The predicted molar refractivity (Wildman–Crippen MR) is 113 cm³/mol. The predicted octanol–water partition coefficient (Wildman–Crippen LogP) is 2.66. The third kappa shape index (κ3) is 4.89. The van der Waals surface area contributed by atoms with Crippen LogP contribution in [0.25, 0.3) is 0 Å². The molecule has 160 valence electrons. The minimum absolute atomic E-state index is 0.00911. The molecule has 2 aliphatic rings. The topological polar surface area (TPSA) is 103 Å². The summed E-state index contributed by atoms with van der Waals surface area (Å²) < 4.78 is 7.89. The number of rotatable bonds is 8. The summed E-state index contributed by atoms with van der Waals surface area (Å²) in [5.41, 5.74) is 5.41. The van der Waals surface area contributed by atoms with E-state index in [1.807, 2.05) is 18.2 Å². The van der Waals surface area contributed by atoms with E-state index >= 15 is 0 Å². The molecule has 0 spiro atoms. The number of ether oxygens (including phenoxy) is 1. The van der Waals surface area contributed by atoms with Gasteiger partial charge in [0.1, 0.15) is 12.4 Å². The molecule has 10 heteroatoms. The highest BCUT2D eigenvalue weighted by atomic mass is 35.5. The molecule has 1 aromatic heterocycles. The first kappa shape index (κ1) is 21.0. The van der Waals surface area contributed by atoms with Crippen molar-refractivity contribution in [3.05, 3.63) is 35.1 Å². The molecule has 1 saturated carbocycles. The van der Waals surface area contributed by atoms with Crippen LogP contribution in [0.5, 0.6) is 5.75 Å². The van der Waals surface area contributed by atoms with Crippen LogP contribution in [0, 0.1) is 5.92 Å². The van der Waals surface area contributed by atoms with Gasteiger partial charge in [0.2, 0.25) is 11.8 Å². The maximum Gasteiger partial charge on any atom is 0.233 e. The van der Waals surface area contributed by atoms with Gasteiger partial charge in [-0.3, -0.25) is 14.2 Å². The van der Waals surface area contributed by atoms with Crippen LogP contribution in [0.2, 0.25) is 5.02 Å². The molecule has 0 bridgehead atoms. The van der Waals surface area contributed by atoms with Crippen LogP contribution < -0.4 is 10.5 Å². The molecule has 4 rings (SSSR count). The van der Waals surface area contributed by atoms with E-state index < -0.39 is 0 Å². The molecule has 2 amide bonds. The summed E-state index contributed by atoms with van der Waals surface area (Å²) in [6.07, 6.45) is 3.67. The van der Waals surface area contributed by atoms with Crippen LogP contribution in [0.3, 0.4) is 0 Å². The summed E-state index contributed by atoms with van der Waals surface area (Å²) in [4.78, 5) is 25.8. The van der Waals surface area contributed by atoms with Crippen molar-refractivity contribution in [1.29, 1.82) is 0 Å². The Morgan fingerprint density at radius 2 is 2.03 bits per heavy atom. The van der Waals surface area contributed by atoms with Crippen LogP contribution in [-0.2, 0) is 16.2 Å². The molecule has 2 aromatic rings. The first-order valence-electron chi connectivity index (χ1n) is 10.0. The Balaban J connectivity index is 1.38. The van der Waals surface area contributed by atoms with Crippen molar-refractivity contribution in [2.45, 2.75) is 43.5 Å². The summed E-state index contributed by atoms with van der Waals surface area (Å²) >= 11 is 7.53. The fourth-order valence-electron chi connectivity index (χ4n) is 3.56. The van der Waals surface area contributed by atoms with E-state index in [9.17, 15) is 9.59 Å². The average Bonchev–Trinajstić information content (AvgIpc) is 3.51. The molecule has 2 N–H and O–H groups in total. The Hall–Kier alpha value is -2.26. The molecule has 1 aliphatic carbocycles. The lowest BCUT2D eigenvalue weighted by Crippen LogP contribution is -2.44. The lowest BCUT2D eigenvalue weighted by Gasteiger charge is -2.31. The first-order chi connectivity index (χ1) is 14.5. The molecule has 2 heterocycles. The monoisotopic (exact) mass is 449 g/mol. The summed E-state index contributed by atoms with van der Waals surface area (Å²) in [6, 6.07) is 7.65. The lowest BCUT2D eigenvalue weighted by molar-refractivity contribution is -0.132. The van der Waals surface area contributed by atoms with Crippen LogP contribution in [0.1, 0.15) is 37.5 Å². The van der Waals surface area contributed by atoms with Gasteiger partial charge in [-0.2, -0.15) is 0 Å². The number of para-hydroxylation sites is 1. The first-order valence-corrected chi connectivity index (χ1v) is 11.4. The third-order valence-electron chi connectivity index (χ3n) is 5.34. The largest absolute Gasteiger partial charge is 0.484 e. The number of primary amides is 1. The van der Waals surface area contributed by atoms with Crippen molar-refractivity contribution in [2.75, 3.05) is 18.8 Å². The summed E-state index contributed by atoms with van der Waals surface area (Å²) in [5.74, 6) is 0.974. The van der Waals surface area contributed by atoms with Crippen molar-refractivity contribution >= 4 is 35.2 Å². The SMILES string of the molecule is NC(=O)[C@H]1CCCN(C(=O)CSc2nnc(COc3ccccc3Cl)n2C2CC2)C1. The van der Waals surface area contributed by atoms with Crippen LogP contribution in [0.4, 0.5) is 0 Å². The Labute approximate surface area is 184 Å². The number of nitrogens with zero attached hydrogens (tertiary/aromatic N) is 4. The maximum absolute atomic E-state index is 12.6. The maximum atomic E-state index is 12.6. The van der Waals surface area contributed by atoms with Gasteiger partial charge in [-0.25, -0.2) is 0 Å². The third-order valence-corrected chi connectivity index (χ3v) is 6.58. The normalized spacial score (nSPS) is 19.0. The van der Waals surface area contributed by atoms with E-state index in [1.54, 1.807) is 11.0 Å². The van der Waals surface area contributed by atoms with Crippen molar-refractivity contribution in [2.24, 2.45) is 11.7 Å². The average molecular weight is 450 g/mol. The number of piperidine rings is 1. The number of benzene rings is 1. The molecule has 8 nitrogen and oxygen atoms in total. The molecular weight excluding hydrogens is 426 g/mol. The quantitative estimate of drug-likeness (QED) is 0.621. The molecule has 0 unspecified atom stereocenters. The Morgan fingerprint density at radius 3 is 2.77 bits per heavy atom. The van der Waals surface area contributed by atoms with Gasteiger partial charge in [0, 0.05) is 19.1 Å². The molecule has 1 saturated heterocycles. The van der Waals surface area contributed by atoms with E-state index in [4.69, 9.17) is 22.1 Å². The van der Waals surface area contributed by atoms with Gasteiger partial charge in [0.05, 0.1) is 16.7 Å². The van der Waals surface area contributed by atoms with Gasteiger partial charge < -0.3 is 15.4 Å². The number of likely N-dealkylation sites (tertiary alicyclic amines) is 1. The summed E-state index contributed by atoms with van der Waals surface area (Å²) in [7, 11) is 0. The zero-order valence-corrected chi connectivity index (χ0v) is 18.1. The Bertz CT molecular complexity index is 933. The van der Waals surface area contributed by atoms with Crippen LogP contribution in [0.15, 0.2) is 29.4 Å². The number of hydrogen-bond acceptors (Lipinski definition) is 6. The number of carbonyl (C=O) groups is 2. The molecular formula is C20H24ClN5O3S. The summed E-state index contributed by atoms with van der Waals surface area (Å²) in [6.45, 7) is 1.32. The number of carbonyl (C=O) groups excluding carboxylic acids is 2. The molecule has 30 heavy (non-hydrogen) atoms. The standard InChI is InChI=1S/C20H24ClN5O3S/c21-15-5-1-2-6-16(15)29-11-17-23-24-20(26(17)14-7-8-14)30-12-18(27)25-9-3-4-13(10-25)19(22)28/h1-2,5-6,13-14H,3-4,7-12H2,(H2,22,28)/t13-/m0/s1. The van der Waals surface area contributed by atoms with Crippen molar-refractivity contribution in [3.63, 3.8) is 0 Å². The Kier molecular flexibility index (Phi) is 6.48. The van der Waals surface area contributed by atoms with Crippen molar-refractivity contribution < 1.29 is 14.3 Å². The van der Waals surface area contributed by atoms with E-state index in [0.29, 0.717) is 35.1 Å².